The van der Waals surface area contributed by atoms with E-state index in [4.69, 9.17) is 5.73 Å². The van der Waals surface area contributed by atoms with Crippen LogP contribution in [-0.4, -0.2) is 73.1 Å². The van der Waals surface area contributed by atoms with E-state index in [-0.39, 0.29) is 29.6 Å². The molecule has 0 aliphatic heterocycles. The van der Waals surface area contributed by atoms with Crippen molar-refractivity contribution in [3.8, 4) is 0 Å². The summed E-state index contributed by atoms with van der Waals surface area (Å²) in [5.74, 6) is -1.40. The molecule has 0 aliphatic rings. The van der Waals surface area contributed by atoms with Gasteiger partial charge in [-0.3, -0.25) is 19.3 Å². The highest BCUT2D eigenvalue weighted by atomic mass is 16.4. The van der Waals surface area contributed by atoms with Crippen LogP contribution in [0.15, 0.2) is 24.3 Å². The maximum atomic E-state index is 13.3. The van der Waals surface area contributed by atoms with Crippen molar-refractivity contribution >= 4 is 29.5 Å². The zero-order chi connectivity index (χ0) is 28.3. The number of likely N-dealkylation sites (N-methyl/N-ethyl adjacent to an activating group) is 2. The van der Waals surface area contributed by atoms with Gasteiger partial charge in [-0.1, -0.05) is 46.8 Å². The van der Waals surface area contributed by atoms with Crippen LogP contribution in [0.1, 0.15) is 53.0 Å². The fourth-order valence-electron chi connectivity index (χ4n) is 4.06. The maximum Gasteiger partial charge on any atom is 0.321 e. The highest BCUT2D eigenvalue weighted by Gasteiger charge is 2.28. The second kappa shape index (κ2) is 15.2. The van der Waals surface area contributed by atoms with E-state index in [1.165, 1.54) is 4.90 Å². The number of carboxylic acid groups (broad SMARTS) is 1. The van der Waals surface area contributed by atoms with Gasteiger partial charge in [-0.05, 0) is 55.8 Å². The van der Waals surface area contributed by atoms with Crippen molar-refractivity contribution in [2.24, 2.45) is 23.5 Å². The van der Waals surface area contributed by atoms with Crippen molar-refractivity contribution in [1.29, 1.82) is 0 Å². The molecule has 0 saturated heterocycles. The number of carboxylic acids is 1. The number of rotatable bonds is 15. The Morgan fingerprint density at radius 3 is 2.05 bits per heavy atom. The van der Waals surface area contributed by atoms with Gasteiger partial charge in [0.2, 0.25) is 11.8 Å². The van der Waals surface area contributed by atoms with Gasteiger partial charge in [0.25, 0.3) is 0 Å². The number of aliphatic carboxylic acids is 1. The highest BCUT2D eigenvalue weighted by molar-refractivity contribution is 5.99. The SMILES string of the molecule is CC(C)[C@H](C)C(=O)N[C@@H](CCCNC(N)=O)C(=O)N(C)c1ccc(CCN(C)[C@H](C(=O)O)C(C)C)cc1. The summed E-state index contributed by atoms with van der Waals surface area (Å²) in [6.07, 6.45) is 1.50. The fraction of sp³-hybridized carbons (Fsp3) is 0.630. The van der Waals surface area contributed by atoms with Gasteiger partial charge < -0.3 is 26.4 Å². The number of carbonyl (C=O) groups excluding carboxylic acids is 3. The number of hydrogen-bond acceptors (Lipinski definition) is 5. The molecule has 208 valence electrons. The Morgan fingerprint density at radius 2 is 1.57 bits per heavy atom. The molecule has 0 aliphatic carbocycles. The molecular formula is C27H45N5O5. The van der Waals surface area contributed by atoms with Gasteiger partial charge in [-0.15, -0.1) is 0 Å². The van der Waals surface area contributed by atoms with Crippen molar-refractivity contribution < 1.29 is 24.3 Å². The maximum absolute atomic E-state index is 13.3. The molecule has 0 unspecified atom stereocenters. The molecule has 5 N–H and O–H groups in total. The summed E-state index contributed by atoms with van der Waals surface area (Å²) in [5.41, 5.74) is 6.82. The topological polar surface area (TPSA) is 145 Å². The molecule has 0 spiro atoms. The van der Waals surface area contributed by atoms with Crippen molar-refractivity contribution in [2.45, 2.75) is 66.0 Å². The van der Waals surface area contributed by atoms with E-state index in [0.29, 0.717) is 38.0 Å². The normalized spacial score (nSPS) is 13.8. The van der Waals surface area contributed by atoms with Crippen molar-refractivity contribution in [3.05, 3.63) is 29.8 Å². The van der Waals surface area contributed by atoms with E-state index >= 15 is 0 Å². The smallest absolute Gasteiger partial charge is 0.321 e. The standard InChI is InChI=1S/C27H45N5O5/c1-17(2)19(5)24(33)30-22(9-8-15-29-27(28)37)25(34)32(7)21-12-10-20(11-13-21)14-16-31(6)23(18(3)4)26(35)36/h10-13,17-19,22-23H,8-9,14-16H2,1-7H3,(H,30,33)(H,35,36)(H3,28,29,37)/t19-,22-,23-/m0/s1. The van der Waals surface area contributed by atoms with E-state index in [9.17, 15) is 24.3 Å². The molecule has 0 bridgehead atoms. The number of primary amides is 1. The van der Waals surface area contributed by atoms with Gasteiger partial charge in [0.1, 0.15) is 12.1 Å². The van der Waals surface area contributed by atoms with Crippen LogP contribution in [-0.2, 0) is 20.8 Å². The second-order valence-electron chi connectivity index (χ2n) is 10.3. The number of nitrogens with one attached hydrogen (secondary N) is 2. The molecule has 0 saturated carbocycles. The van der Waals surface area contributed by atoms with Crippen molar-refractivity contribution in [2.75, 3.05) is 32.1 Å². The number of benzene rings is 1. The molecule has 1 aromatic carbocycles. The molecule has 10 nitrogen and oxygen atoms in total. The average Bonchev–Trinajstić information content (AvgIpc) is 2.82. The van der Waals surface area contributed by atoms with Gasteiger partial charge in [0.15, 0.2) is 0 Å². The predicted octanol–water partition coefficient (Wildman–Crippen LogP) is 2.46. The summed E-state index contributed by atoms with van der Waals surface area (Å²) in [6.45, 7) is 10.4. The largest absolute Gasteiger partial charge is 0.480 e. The molecule has 0 radical (unpaired) electrons. The number of urea groups is 1. The predicted molar refractivity (Wildman–Crippen MR) is 145 cm³/mol. The Labute approximate surface area is 220 Å². The van der Waals surface area contributed by atoms with Crippen LogP contribution >= 0.6 is 0 Å². The van der Waals surface area contributed by atoms with Gasteiger partial charge >= 0.3 is 12.0 Å². The van der Waals surface area contributed by atoms with Gasteiger partial charge in [-0.25, -0.2) is 4.79 Å². The Morgan fingerprint density at radius 1 is 0.973 bits per heavy atom. The molecule has 1 aromatic rings. The second-order valence-corrected chi connectivity index (χ2v) is 10.3. The van der Waals surface area contributed by atoms with Crippen LogP contribution in [0.5, 0.6) is 0 Å². The zero-order valence-electron chi connectivity index (χ0n) is 23.3. The quantitative estimate of drug-likeness (QED) is 0.262. The van der Waals surface area contributed by atoms with E-state index in [1.807, 2.05) is 70.8 Å². The number of carbonyl (C=O) groups is 4. The molecule has 0 heterocycles. The van der Waals surface area contributed by atoms with E-state index in [0.717, 1.165) is 5.56 Å². The minimum absolute atomic E-state index is 0.00641. The van der Waals surface area contributed by atoms with E-state index in [1.54, 1.807) is 7.05 Å². The number of nitrogens with two attached hydrogens (primary N) is 1. The lowest BCUT2D eigenvalue weighted by Crippen LogP contribution is -2.49. The number of amides is 4. The van der Waals surface area contributed by atoms with E-state index < -0.39 is 24.1 Å². The molecule has 0 fully saturated rings. The lowest BCUT2D eigenvalue weighted by atomic mass is 9.96. The molecule has 3 atom stereocenters. The van der Waals surface area contributed by atoms with Crippen LogP contribution in [0.3, 0.4) is 0 Å². The average molecular weight is 520 g/mol. The minimum Gasteiger partial charge on any atom is -0.480 e. The number of anilines is 1. The van der Waals surface area contributed by atoms with Crippen LogP contribution in [0, 0.1) is 17.8 Å². The van der Waals surface area contributed by atoms with E-state index in [2.05, 4.69) is 10.6 Å². The summed E-state index contributed by atoms with van der Waals surface area (Å²) in [5, 5.41) is 14.9. The highest BCUT2D eigenvalue weighted by Crippen LogP contribution is 2.18. The molecule has 4 amide bonds. The van der Waals surface area contributed by atoms with Crippen LogP contribution in [0.2, 0.25) is 0 Å². The summed E-state index contributed by atoms with van der Waals surface area (Å²) >= 11 is 0. The third kappa shape index (κ3) is 10.4. The first-order valence-electron chi connectivity index (χ1n) is 12.9. The summed E-state index contributed by atoms with van der Waals surface area (Å²) < 4.78 is 0. The lowest BCUT2D eigenvalue weighted by molar-refractivity contribution is -0.144. The first kappa shape index (κ1) is 31.9. The monoisotopic (exact) mass is 519 g/mol. The summed E-state index contributed by atoms with van der Waals surface area (Å²) in [7, 11) is 3.48. The van der Waals surface area contributed by atoms with Gasteiger partial charge in [-0.2, -0.15) is 0 Å². The molecular weight excluding hydrogens is 474 g/mol. The molecule has 0 aromatic heterocycles. The summed E-state index contributed by atoms with van der Waals surface area (Å²) in [6, 6.07) is 5.60. The van der Waals surface area contributed by atoms with Crippen molar-refractivity contribution in [3.63, 3.8) is 0 Å². The first-order valence-corrected chi connectivity index (χ1v) is 12.9. The summed E-state index contributed by atoms with van der Waals surface area (Å²) in [4.78, 5) is 51.9. The van der Waals surface area contributed by atoms with Crippen molar-refractivity contribution in [1.82, 2.24) is 15.5 Å². The Kier molecular flexibility index (Phi) is 13.1. The fourth-order valence-corrected chi connectivity index (χ4v) is 4.06. The molecule has 10 heteroatoms. The lowest BCUT2D eigenvalue weighted by Gasteiger charge is -2.28. The Hall–Kier alpha value is -3.14. The first-order chi connectivity index (χ1) is 17.3. The molecule has 1 rings (SSSR count). The Balaban J connectivity index is 2.89. The Bertz CT molecular complexity index is 903. The molecule has 37 heavy (non-hydrogen) atoms. The third-order valence-electron chi connectivity index (χ3n) is 6.76. The van der Waals surface area contributed by atoms with Crippen LogP contribution in [0.4, 0.5) is 10.5 Å². The van der Waals surface area contributed by atoms with Crippen LogP contribution in [0.25, 0.3) is 0 Å². The number of hydrogen-bond donors (Lipinski definition) is 4. The van der Waals surface area contributed by atoms with Gasteiger partial charge in [0.05, 0.1) is 0 Å². The van der Waals surface area contributed by atoms with Gasteiger partial charge in [0, 0.05) is 31.7 Å². The van der Waals surface area contributed by atoms with Crippen LogP contribution < -0.4 is 21.3 Å². The minimum atomic E-state index is -0.831. The number of nitrogens with zero attached hydrogens (tertiary/aromatic N) is 2. The third-order valence-corrected chi connectivity index (χ3v) is 6.76. The zero-order valence-corrected chi connectivity index (χ0v) is 23.3.